The number of aromatic nitrogens is 3. The van der Waals surface area contributed by atoms with Crippen molar-refractivity contribution < 1.29 is 9.32 Å². The lowest BCUT2D eigenvalue weighted by molar-refractivity contribution is 0.0611. The molecule has 0 unspecified atom stereocenters. The van der Waals surface area contributed by atoms with Gasteiger partial charge in [0.05, 0.1) is 12.2 Å². The first kappa shape index (κ1) is 14.8. The molecule has 1 saturated heterocycles. The summed E-state index contributed by atoms with van der Waals surface area (Å²) in [6.07, 6.45) is 0.852. The molecule has 7 heteroatoms. The van der Waals surface area contributed by atoms with E-state index < -0.39 is 0 Å². The van der Waals surface area contributed by atoms with Gasteiger partial charge >= 0.3 is 0 Å². The van der Waals surface area contributed by atoms with Crippen LogP contribution in [0.4, 0.5) is 0 Å². The molecule has 1 fully saturated rings. The number of amides is 1. The predicted molar refractivity (Wildman–Crippen MR) is 80.4 cm³/mol. The van der Waals surface area contributed by atoms with Crippen LogP contribution in [0.3, 0.4) is 0 Å². The summed E-state index contributed by atoms with van der Waals surface area (Å²) in [5.74, 6) is 0.878. The Hall–Kier alpha value is -2.15. The van der Waals surface area contributed by atoms with E-state index in [1.807, 2.05) is 30.9 Å². The summed E-state index contributed by atoms with van der Waals surface area (Å²) in [4.78, 5) is 16.5. The summed E-state index contributed by atoms with van der Waals surface area (Å²) < 4.78 is 5.24. The van der Waals surface area contributed by atoms with Crippen LogP contribution in [0.5, 0.6) is 0 Å². The van der Waals surface area contributed by atoms with Crippen molar-refractivity contribution in [3.63, 3.8) is 0 Å². The molecular weight excluding hydrogens is 282 g/mol. The molecule has 1 aliphatic heterocycles. The molecule has 7 nitrogen and oxygen atoms in total. The number of aryl methyl sites for hydroxylation is 2. The van der Waals surface area contributed by atoms with Gasteiger partial charge in [0.15, 0.2) is 5.76 Å². The average Bonchev–Trinajstić information content (AvgIpc) is 3.16. The molecule has 0 bridgehead atoms. The lowest BCUT2D eigenvalue weighted by Crippen LogP contribution is -2.48. The monoisotopic (exact) mass is 303 g/mol. The first-order valence-electron chi connectivity index (χ1n) is 7.64. The van der Waals surface area contributed by atoms with Crippen LogP contribution in [0.1, 0.15) is 34.6 Å². The lowest BCUT2D eigenvalue weighted by atomic mass is 10.2. The van der Waals surface area contributed by atoms with Gasteiger partial charge in [-0.05, 0) is 19.4 Å². The van der Waals surface area contributed by atoms with Gasteiger partial charge in [-0.25, -0.2) is 0 Å². The number of H-pyrrole nitrogens is 1. The van der Waals surface area contributed by atoms with E-state index in [1.54, 1.807) is 0 Å². The molecule has 0 aliphatic carbocycles. The van der Waals surface area contributed by atoms with Gasteiger partial charge in [-0.15, -0.1) is 0 Å². The minimum absolute atomic E-state index is 0.00566. The number of nitrogens with one attached hydrogen (secondary N) is 1. The second-order valence-electron chi connectivity index (χ2n) is 5.63. The van der Waals surface area contributed by atoms with Crippen LogP contribution in [0.2, 0.25) is 0 Å². The molecule has 0 aromatic carbocycles. The summed E-state index contributed by atoms with van der Waals surface area (Å²) in [6, 6.07) is 3.79. The highest BCUT2D eigenvalue weighted by molar-refractivity contribution is 5.92. The zero-order valence-electron chi connectivity index (χ0n) is 13.0. The topological polar surface area (TPSA) is 78.3 Å². The van der Waals surface area contributed by atoms with Crippen molar-refractivity contribution in [1.29, 1.82) is 0 Å². The molecular formula is C15H21N5O2. The Morgan fingerprint density at radius 1 is 1.32 bits per heavy atom. The number of carbonyl (C=O) groups is 1. The average molecular weight is 303 g/mol. The molecule has 0 spiro atoms. The Morgan fingerprint density at radius 3 is 2.68 bits per heavy atom. The Balaban J connectivity index is 1.53. The Labute approximate surface area is 129 Å². The minimum atomic E-state index is 0.00566. The van der Waals surface area contributed by atoms with E-state index in [2.05, 4.69) is 20.3 Å². The molecule has 0 saturated carbocycles. The number of rotatable bonds is 4. The van der Waals surface area contributed by atoms with E-state index in [0.29, 0.717) is 18.8 Å². The predicted octanol–water partition coefficient (Wildman–Crippen LogP) is 1.23. The van der Waals surface area contributed by atoms with Crippen molar-refractivity contribution in [2.75, 3.05) is 26.2 Å². The fourth-order valence-electron chi connectivity index (χ4n) is 2.63. The van der Waals surface area contributed by atoms with Crippen molar-refractivity contribution in [2.24, 2.45) is 0 Å². The highest BCUT2D eigenvalue weighted by Crippen LogP contribution is 2.12. The Morgan fingerprint density at radius 2 is 2.09 bits per heavy atom. The van der Waals surface area contributed by atoms with E-state index in [1.165, 1.54) is 0 Å². The van der Waals surface area contributed by atoms with Crippen molar-refractivity contribution in [2.45, 2.75) is 26.8 Å². The molecule has 22 heavy (non-hydrogen) atoms. The standard InChI is InChI=1S/C15H21N5O2/c1-3-12-9-14(17-16-12)15(21)20-6-4-19(5-7-20)10-13-8-11(2)18-22-13/h8-9H,3-7,10H2,1-2H3,(H,16,17). The van der Waals surface area contributed by atoms with Crippen molar-refractivity contribution in [3.05, 3.63) is 35.0 Å². The summed E-state index contributed by atoms with van der Waals surface area (Å²) in [5.41, 5.74) is 2.40. The normalized spacial score (nSPS) is 16.2. The number of piperazine rings is 1. The minimum Gasteiger partial charge on any atom is -0.360 e. The van der Waals surface area contributed by atoms with Gasteiger partial charge in [0, 0.05) is 37.9 Å². The molecule has 0 atom stereocenters. The van der Waals surface area contributed by atoms with Crippen LogP contribution in [0, 0.1) is 6.92 Å². The van der Waals surface area contributed by atoms with Gasteiger partial charge in [-0.2, -0.15) is 5.10 Å². The summed E-state index contributed by atoms with van der Waals surface area (Å²) in [6.45, 7) is 7.77. The van der Waals surface area contributed by atoms with Crippen molar-refractivity contribution in [3.8, 4) is 0 Å². The third-order valence-electron chi connectivity index (χ3n) is 3.95. The van der Waals surface area contributed by atoms with Crippen LogP contribution in [0.15, 0.2) is 16.7 Å². The molecule has 1 amide bonds. The number of aromatic amines is 1. The van der Waals surface area contributed by atoms with Crippen LogP contribution in [-0.2, 0) is 13.0 Å². The largest absolute Gasteiger partial charge is 0.360 e. The van der Waals surface area contributed by atoms with Gasteiger partial charge in [-0.3, -0.25) is 14.8 Å². The first-order valence-corrected chi connectivity index (χ1v) is 7.64. The summed E-state index contributed by atoms with van der Waals surface area (Å²) in [5, 5.41) is 10.9. The van der Waals surface area contributed by atoms with Gasteiger partial charge in [0.25, 0.3) is 5.91 Å². The SMILES string of the molecule is CCc1cc(C(=O)N2CCN(Cc3cc(C)no3)CC2)n[nH]1. The maximum absolute atomic E-state index is 12.4. The molecule has 1 aliphatic rings. The maximum Gasteiger partial charge on any atom is 0.274 e. The second-order valence-corrected chi connectivity index (χ2v) is 5.63. The molecule has 2 aromatic heterocycles. The quantitative estimate of drug-likeness (QED) is 0.919. The maximum atomic E-state index is 12.4. The van der Waals surface area contributed by atoms with E-state index in [0.717, 1.165) is 43.2 Å². The van der Waals surface area contributed by atoms with E-state index in [-0.39, 0.29) is 5.91 Å². The lowest BCUT2D eigenvalue weighted by Gasteiger charge is -2.33. The van der Waals surface area contributed by atoms with Gasteiger partial charge in [0.2, 0.25) is 0 Å². The molecule has 3 heterocycles. The van der Waals surface area contributed by atoms with Gasteiger partial charge in [-0.1, -0.05) is 12.1 Å². The Kier molecular flexibility index (Phi) is 4.24. The number of hydrogen-bond donors (Lipinski definition) is 1. The van der Waals surface area contributed by atoms with Crippen LogP contribution < -0.4 is 0 Å². The number of carbonyl (C=O) groups excluding carboxylic acids is 1. The highest BCUT2D eigenvalue weighted by atomic mass is 16.5. The molecule has 0 radical (unpaired) electrons. The van der Waals surface area contributed by atoms with Crippen LogP contribution in [-0.4, -0.2) is 57.2 Å². The fraction of sp³-hybridized carbons (Fsp3) is 0.533. The molecule has 118 valence electrons. The van der Waals surface area contributed by atoms with Crippen molar-refractivity contribution >= 4 is 5.91 Å². The third-order valence-corrected chi connectivity index (χ3v) is 3.95. The molecule has 3 rings (SSSR count). The first-order chi connectivity index (χ1) is 10.7. The fourth-order valence-corrected chi connectivity index (χ4v) is 2.63. The van der Waals surface area contributed by atoms with E-state index in [9.17, 15) is 4.79 Å². The Bertz CT molecular complexity index is 640. The number of nitrogens with zero attached hydrogens (tertiary/aromatic N) is 4. The van der Waals surface area contributed by atoms with Crippen molar-refractivity contribution in [1.82, 2.24) is 25.2 Å². The zero-order valence-corrected chi connectivity index (χ0v) is 13.0. The summed E-state index contributed by atoms with van der Waals surface area (Å²) >= 11 is 0. The van der Waals surface area contributed by atoms with E-state index >= 15 is 0 Å². The molecule has 2 aromatic rings. The highest BCUT2D eigenvalue weighted by Gasteiger charge is 2.24. The number of hydrogen-bond acceptors (Lipinski definition) is 5. The van der Waals surface area contributed by atoms with Crippen LogP contribution >= 0.6 is 0 Å². The second kappa shape index (κ2) is 6.31. The zero-order chi connectivity index (χ0) is 15.5. The van der Waals surface area contributed by atoms with Crippen LogP contribution in [0.25, 0.3) is 0 Å². The summed E-state index contributed by atoms with van der Waals surface area (Å²) in [7, 11) is 0. The smallest absolute Gasteiger partial charge is 0.274 e. The van der Waals surface area contributed by atoms with Gasteiger partial charge < -0.3 is 9.42 Å². The third kappa shape index (κ3) is 3.19. The van der Waals surface area contributed by atoms with E-state index in [4.69, 9.17) is 4.52 Å². The molecule has 1 N–H and O–H groups in total. The van der Waals surface area contributed by atoms with Gasteiger partial charge in [0.1, 0.15) is 5.69 Å².